The monoisotopic (exact) mass is 401 g/mol. The van der Waals surface area contributed by atoms with E-state index in [4.69, 9.17) is 19.0 Å². The van der Waals surface area contributed by atoms with Gasteiger partial charge in [0.25, 0.3) is 5.91 Å². The van der Waals surface area contributed by atoms with Gasteiger partial charge in [-0.2, -0.15) is 0 Å². The molecule has 158 valence electrons. The van der Waals surface area contributed by atoms with Gasteiger partial charge in [-0.1, -0.05) is 18.2 Å². The van der Waals surface area contributed by atoms with Crippen LogP contribution in [0.2, 0.25) is 0 Å². The number of rotatable bonds is 5. The van der Waals surface area contributed by atoms with Crippen LogP contribution in [0, 0.1) is 13.8 Å². The van der Waals surface area contributed by atoms with E-state index in [9.17, 15) is 4.79 Å². The lowest BCUT2D eigenvalue weighted by Crippen LogP contribution is -2.54. The number of hydrogen-bond acceptors (Lipinski definition) is 5. The third-order valence-electron chi connectivity index (χ3n) is 6.37. The van der Waals surface area contributed by atoms with Crippen molar-refractivity contribution in [1.29, 1.82) is 0 Å². The molecule has 2 aliphatic heterocycles. The first-order valence-electron chi connectivity index (χ1n) is 10.7. The summed E-state index contributed by atoms with van der Waals surface area (Å²) in [7, 11) is 0. The summed E-state index contributed by atoms with van der Waals surface area (Å²) in [6.07, 6.45) is 2.78. The second kappa shape index (κ2) is 7.74. The van der Waals surface area contributed by atoms with Crippen LogP contribution in [-0.4, -0.2) is 48.7 Å². The van der Waals surface area contributed by atoms with E-state index < -0.39 is 11.3 Å². The summed E-state index contributed by atoms with van der Waals surface area (Å²) in [6, 6.07) is 6.10. The topological polar surface area (TPSA) is 57.2 Å². The maximum absolute atomic E-state index is 13.7. The van der Waals surface area contributed by atoms with Crippen molar-refractivity contribution in [3.63, 3.8) is 0 Å². The highest BCUT2D eigenvalue weighted by Crippen LogP contribution is 2.53. The van der Waals surface area contributed by atoms with Crippen LogP contribution in [-0.2, 0) is 23.8 Å². The van der Waals surface area contributed by atoms with Crippen LogP contribution in [0.15, 0.2) is 24.0 Å². The van der Waals surface area contributed by atoms with Crippen molar-refractivity contribution in [2.24, 2.45) is 0 Å². The Bertz CT molecular complexity index is 794. The van der Waals surface area contributed by atoms with Gasteiger partial charge < -0.3 is 14.2 Å². The molecule has 1 saturated heterocycles. The minimum absolute atomic E-state index is 0.114. The fraction of sp³-hybridized carbons (Fsp3) is 0.609. The second-order valence-corrected chi connectivity index (χ2v) is 8.06. The molecule has 6 heteroatoms. The zero-order valence-electron chi connectivity index (χ0n) is 17.9. The van der Waals surface area contributed by atoms with Crippen LogP contribution >= 0.6 is 0 Å². The van der Waals surface area contributed by atoms with Crippen LogP contribution in [0.25, 0.3) is 5.57 Å². The van der Waals surface area contributed by atoms with E-state index in [0.717, 1.165) is 22.4 Å². The van der Waals surface area contributed by atoms with Gasteiger partial charge in [0.1, 0.15) is 11.3 Å². The summed E-state index contributed by atoms with van der Waals surface area (Å²) in [5.41, 5.74) is 3.10. The van der Waals surface area contributed by atoms with Crippen LogP contribution in [0.4, 0.5) is 0 Å². The van der Waals surface area contributed by atoms with E-state index in [1.54, 1.807) is 5.06 Å². The van der Waals surface area contributed by atoms with Gasteiger partial charge in [-0.25, -0.2) is 5.06 Å². The Balaban J connectivity index is 1.83. The first kappa shape index (κ1) is 20.4. The molecule has 1 aliphatic carbocycles. The van der Waals surface area contributed by atoms with Crippen molar-refractivity contribution >= 4 is 11.5 Å². The number of hydroxylamine groups is 2. The SMILES string of the molecule is CCOC1=C(c2c(C)cccc2C)C(=O)N(OCC)C12CCC1(CC2)OCCO1. The van der Waals surface area contributed by atoms with Crippen molar-refractivity contribution in [3.05, 3.63) is 40.6 Å². The minimum atomic E-state index is -0.617. The van der Waals surface area contributed by atoms with Crippen molar-refractivity contribution in [3.8, 4) is 0 Å². The standard InChI is InChI=1S/C23H31NO5/c1-5-26-20-19(18-16(3)8-7-9-17(18)4)21(25)24(29-6-2)22(20)10-12-23(13-11-22)27-14-15-28-23/h7-9H,5-6,10-15H2,1-4H3. The Morgan fingerprint density at radius 1 is 1.00 bits per heavy atom. The summed E-state index contributed by atoms with van der Waals surface area (Å²) >= 11 is 0. The molecule has 1 amide bonds. The molecule has 0 aromatic heterocycles. The Morgan fingerprint density at radius 3 is 2.17 bits per heavy atom. The number of amides is 1. The van der Waals surface area contributed by atoms with Gasteiger partial charge in [0, 0.05) is 12.8 Å². The average molecular weight is 402 g/mol. The molecule has 1 aromatic carbocycles. The lowest BCUT2D eigenvalue weighted by molar-refractivity contribution is -0.241. The molecule has 0 unspecified atom stereocenters. The molecule has 6 nitrogen and oxygen atoms in total. The quantitative estimate of drug-likeness (QED) is 0.749. The second-order valence-electron chi connectivity index (χ2n) is 8.06. The van der Waals surface area contributed by atoms with Crippen molar-refractivity contribution in [2.75, 3.05) is 26.4 Å². The normalized spacial score (nSPS) is 22.9. The fourth-order valence-electron chi connectivity index (χ4n) is 5.07. The van der Waals surface area contributed by atoms with Gasteiger partial charge >= 0.3 is 0 Å². The molecule has 3 aliphatic rings. The molecular formula is C23H31NO5. The molecule has 1 saturated carbocycles. The Labute approximate surface area is 172 Å². The zero-order chi connectivity index (χ0) is 20.6. The molecule has 2 heterocycles. The summed E-state index contributed by atoms with van der Waals surface area (Å²) in [4.78, 5) is 19.6. The van der Waals surface area contributed by atoms with Crippen LogP contribution < -0.4 is 0 Å². The van der Waals surface area contributed by atoms with E-state index in [-0.39, 0.29) is 5.91 Å². The van der Waals surface area contributed by atoms with Crippen LogP contribution in [0.5, 0.6) is 0 Å². The van der Waals surface area contributed by atoms with Gasteiger partial charge in [-0.15, -0.1) is 0 Å². The first-order chi connectivity index (χ1) is 14.0. The molecule has 2 fully saturated rings. The van der Waals surface area contributed by atoms with Gasteiger partial charge in [-0.05, 0) is 57.2 Å². The highest BCUT2D eigenvalue weighted by Gasteiger charge is 2.59. The Morgan fingerprint density at radius 2 is 1.62 bits per heavy atom. The highest BCUT2D eigenvalue weighted by atomic mass is 16.7. The number of ether oxygens (including phenoxy) is 3. The van der Waals surface area contributed by atoms with Gasteiger partial charge in [0.05, 0.1) is 32.0 Å². The number of aryl methyl sites for hydroxylation is 2. The Kier molecular flexibility index (Phi) is 5.44. The average Bonchev–Trinajstić information content (AvgIpc) is 3.24. The van der Waals surface area contributed by atoms with Crippen LogP contribution in [0.3, 0.4) is 0 Å². The highest BCUT2D eigenvalue weighted by molar-refractivity contribution is 6.23. The fourth-order valence-corrected chi connectivity index (χ4v) is 5.07. The molecule has 1 aromatic rings. The van der Waals surface area contributed by atoms with Gasteiger partial charge in [0.2, 0.25) is 0 Å². The zero-order valence-corrected chi connectivity index (χ0v) is 17.9. The third kappa shape index (κ3) is 3.18. The Hall–Kier alpha value is -1.89. The summed E-state index contributed by atoms with van der Waals surface area (Å²) < 4.78 is 18.1. The van der Waals surface area contributed by atoms with E-state index in [0.29, 0.717) is 57.7 Å². The number of nitrogens with zero attached hydrogens (tertiary/aromatic N) is 1. The predicted molar refractivity (Wildman–Crippen MR) is 109 cm³/mol. The third-order valence-corrected chi connectivity index (χ3v) is 6.37. The van der Waals surface area contributed by atoms with E-state index >= 15 is 0 Å². The van der Waals surface area contributed by atoms with Gasteiger partial charge in [0.15, 0.2) is 5.79 Å². The van der Waals surface area contributed by atoms with Crippen LogP contribution in [0.1, 0.15) is 56.2 Å². The molecule has 0 atom stereocenters. The van der Waals surface area contributed by atoms with Crippen molar-refractivity contribution in [1.82, 2.24) is 5.06 Å². The van der Waals surface area contributed by atoms with Crippen molar-refractivity contribution < 1.29 is 23.8 Å². The largest absolute Gasteiger partial charge is 0.495 e. The van der Waals surface area contributed by atoms with Gasteiger partial charge in [-0.3, -0.25) is 9.63 Å². The van der Waals surface area contributed by atoms with E-state index in [2.05, 4.69) is 0 Å². The number of benzene rings is 1. The number of hydrogen-bond donors (Lipinski definition) is 0. The molecule has 0 N–H and O–H groups in total. The first-order valence-corrected chi connectivity index (χ1v) is 10.7. The molecule has 29 heavy (non-hydrogen) atoms. The minimum Gasteiger partial charge on any atom is -0.495 e. The number of carbonyl (C=O) groups is 1. The maximum Gasteiger partial charge on any atom is 0.282 e. The summed E-state index contributed by atoms with van der Waals surface area (Å²) in [6.45, 7) is 10.1. The smallest absolute Gasteiger partial charge is 0.282 e. The molecular weight excluding hydrogens is 370 g/mol. The van der Waals surface area contributed by atoms with E-state index in [1.807, 2.05) is 45.9 Å². The molecule has 0 bridgehead atoms. The molecule has 4 rings (SSSR count). The summed E-state index contributed by atoms with van der Waals surface area (Å²) in [5, 5.41) is 1.58. The number of carbonyl (C=O) groups excluding carboxylic acids is 1. The maximum atomic E-state index is 13.7. The summed E-state index contributed by atoms with van der Waals surface area (Å²) in [5.74, 6) is 0.103. The molecule has 2 spiro atoms. The van der Waals surface area contributed by atoms with Crippen molar-refractivity contribution in [2.45, 2.75) is 64.7 Å². The van der Waals surface area contributed by atoms with E-state index in [1.165, 1.54) is 0 Å². The lowest BCUT2D eigenvalue weighted by atomic mass is 9.77. The lowest BCUT2D eigenvalue weighted by Gasteiger charge is -2.45. The predicted octanol–water partition coefficient (Wildman–Crippen LogP) is 3.90. The molecule has 0 radical (unpaired) electrons.